The first-order valence-corrected chi connectivity index (χ1v) is 11.9. The van der Waals surface area contributed by atoms with Gasteiger partial charge in [-0.2, -0.15) is 13.2 Å². The van der Waals surface area contributed by atoms with E-state index in [0.717, 1.165) is 17.0 Å². The minimum absolute atomic E-state index is 0.143. The summed E-state index contributed by atoms with van der Waals surface area (Å²) in [5, 5.41) is 0.646. The van der Waals surface area contributed by atoms with E-state index in [4.69, 9.17) is 0 Å². The highest BCUT2D eigenvalue weighted by atomic mass is 32.2. The van der Waals surface area contributed by atoms with Gasteiger partial charge in [-0.25, -0.2) is 4.98 Å². The zero-order valence-corrected chi connectivity index (χ0v) is 19.4. The van der Waals surface area contributed by atoms with Crippen LogP contribution in [0, 0.1) is 0 Å². The number of nitrogens with zero attached hydrogens (tertiary/aromatic N) is 4. The fraction of sp³-hybridized carbons (Fsp3) is 0.240. The molecule has 5 rings (SSSR count). The molecule has 0 unspecified atom stereocenters. The van der Waals surface area contributed by atoms with E-state index in [1.807, 2.05) is 17.0 Å². The van der Waals surface area contributed by atoms with Crippen LogP contribution >= 0.6 is 11.8 Å². The van der Waals surface area contributed by atoms with Crippen LogP contribution < -0.4 is 9.80 Å². The van der Waals surface area contributed by atoms with Crippen LogP contribution in [-0.2, 0) is 11.0 Å². The van der Waals surface area contributed by atoms with Gasteiger partial charge < -0.3 is 9.80 Å². The predicted molar refractivity (Wildman–Crippen MR) is 127 cm³/mol. The Labute approximate surface area is 204 Å². The van der Waals surface area contributed by atoms with E-state index in [1.165, 1.54) is 22.7 Å². The van der Waals surface area contributed by atoms with Crippen LogP contribution in [-0.4, -0.2) is 54.4 Å². The van der Waals surface area contributed by atoms with Gasteiger partial charge in [0.1, 0.15) is 11.6 Å². The number of alkyl halides is 3. The van der Waals surface area contributed by atoms with E-state index in [0.29, 0.717) is 48.1 Å². The fourth-order valence-corrected chi connectivity index (χ4v) is 5.26. The number of piperazine rings is 1. The summed E-state index contributed by atoms with van der Waals surface area (Å²) in [6, 6.07) is 15.9. The molecule has 3 heterocycles. The van der Waals surface area contributed by atoms with Crippen molar-refractivity contribution in [2.75, 3.05) is 42.5 Å². The molecule has 2 aliphatic rings. The fourth-order valence-electron chi connectivity index (χ4n) is 4.24. The molecule has 0 atom stereocenters. The van der Waals surface area contributed by atoms with Crippen molar-refractivity contribution < 1.29 is 22.8 Å². The molecule has 0 radical (unpaired) electrons. The first-order valence-electron chi connectivity index (χ1n) is 11.0. The molecule has 35 heavy (non-hydrogen) atoms. The predicted octanol–water partition coefficient (Wildman–Crippen LogP) is 4.56. The van der Waals surface area contributed by atoms with Crippen molar-refractivity contribution in [3.05, 3.63) is 78.0 Å². The number of hydrogen-bond donors (Lipinski definition) is 0. The summed E-state index contributed by atoms with van der Waals surface area (Å²) >= 11 is 1.39. The topological polar surface area (TPSA) is 56.8 Å². The minimum Gasteiger partial charge on any atom is -0.368 e. The van der Waals surface area contributed by atoms with Crippen molar-refractivity contribution in [2.45, 2.75) is 16.1 Å². The average Bonchev–Trinajstić information content (AvgIpc) is 2.98. The number of pyridine rings is 1. The normalized spacial score (nSPS) is 16.0. The zero-order chi connectivity index (χ0) is 24.6. The highest BCUT2D eigenvalue weighted by Crippen LogP contribution is 2.39. The molecule has 2 amide bonds. The van der Waals surface area contributed by atoms with Crippen molar-refractivity contribution in [1.82, 2.24) is 9.88 Å². The lowest BCUT2D eigenvalue weighted by Crippen LogP contribution is -2.52. The van der Waals surface area contributed by atoms with Gasteiger partial charge >= 0.3 is 6.18 Å². The van der Waals surface area contributed by atoms with Gasteiger partial charge in [0, 0.05) is 43.0 Å². The molecule has 1 fully saturated rings. The smallest absolute Gasteiger partial charge is 0.368 e. The molecule has 0 saturated carbocycles. The average molecular weight is 499 g/mol. The van der Waals surface area contributed by atoms with Gasteiger partial charge in [-0.15, -0.1) is 0 Å². The maximum atomic E-state index is 13.4. The van der Waals surface area contributed by atoms with Crippen molar-refractivity contribution >= 4 is 35.0 Å². The molecular formula is C25H21F3N4O2S. The van der Waals surface area contributed by atoms with E-state index >= 15 is 0 Å². The van der Waals surface area contributed by atoms with Crippen LogP contribution in [0.3, 0.4) is 0 Å². The standard InChI is InChI=1S/C25H21F3N4O2S/c26-25(27,28)17-5-3-6-18(15-17)30-11-13-31(14-12-30)22(33)16-32-20-8-4-10-29-23(20)35-21-9-2-1-7-19(21)24(32)34/h1-10,15H,11-14,16H2. The van der Waals surface area contributed by atoms with E-state index in [9.17, 15) is 22.8 Å². The summed E-state index contributed by atoms with van der Waals surface area (Å²) in [5.74, 6) is -0.489. The lowest BCUT2D eigenvalue weighted by molar-refractivity contribution is -0.137. The van der Waals surface area contributed by atoms with Gasteiger partial charge in [-0.05, 0) is 42.5 Å². The Bertz CT molecular complexity index is 1280. The number of carbonyl (C=O) groups excluding carboxylic acids is 2. The highest BCUT2D eigenvalue weighted by Gasteiger charge is 2.33. The third kappa shape index (κ3) is 4.70. The van der Waals surface area contributed by atoms with Gasteiger partial charge in [-0.1, -0.05) is 30.0 Å². The monoisotopic (exact) mass is 498 g/mol. The number of anilines is 2. The first kappa shape index (κ1) is 23.2. The van der Waals surface area contributed by atoms with Crippen LogP contribution in [0.1, 0.15) is 15.9 Å². The van der Waals surface area contributed by atoms with E-state index in [2.05, 4.69) is 4.98 Å². The molecule has 0 N–H and O–H groups in total. The Morgan fingerprint density at radius 2 is 1.74 bits per heavy atom. The summed E-state index contributed by atoms with van der Waals surface area (Å²) < 4.78 is 39.2. The number of hydrogen-bond acceptors (Lipinski definition) is 5. The maximum Gasteiger partial charge on any atom is 0.416 e. The maximum absolute atomic E-state index is 13.4. The summed E-state index contributed by atoms with van der Waals surface area (Å²) in [6.45, 7) is 1.36. The van der Waals surface area contributed by atoms with Gasteiger partial charge in [0.25, 0.3) is 5.91 Å². The number of halogens is 3. The second-order valence-corrected chi connectivity index (χ2v) is 9.26. The number of aromatic nitrogens is 1. The lowest BCUT2D eigenvalue weighted by Gasteiger charge is -2.37. The summed E-state index contributed by atoms with van der Waals surface area (Å²) in [6.07, 6.45) is -2.76. The molecule has 2 aromatic carbocycles. The first-order chi connectivity index (χ1) is 16.8. The van der Waals surface area contributed by atoms with Gasteiger partial charge in [0.15, 0.2) is 0 Å². The molecule has 0 bridgehead atoms. The molecule has 10 heteroatoms. The van der Waals surface area contributed by atoms with Crippen molar-refractivity contribution in [2.24, 2.45) is 0 Å². The van der Waals surface area contributed by atoms with Gasteiger partial charge in [-0.3, -0.25) is 14.5 Å². The number of carbonyl (C=O) groups is 2. The molecule has 0 spiro atoms. The molecular weight excluding hydrogens is 477 g/mol. The Balaban J connectivity index is 1.31. The van der Waals surface area contributed by atoms with Crippen molar-refractivity contribution in [3.63, 3.8) is 0 Å². The quantitative estimate of drug-likeness (QED) is 0.530. The molecule has 180 valence electrons. The van der Waals surface area contributed by atoms with Crippen LogP contribution in [0.15, 0.2) is 76.8 Å². The van der Waals surface area contributed by atoms with E-state index in [-0.39, 0.29) is 18.4 Å². The van der Waals surface area contributed by atoms with E-state index < -0.39 is 11.7 Å². The van der Waals surface area contributed by atoms with E-state index in [1.54, 1.807) is 41.4 Å². The molecule has 6 nitrogen and oxygen atoms in total. The molecule has 2 aliphatic heterocycles. The van der Waals surface area contributed by atoms with Crippen molar-refractivity contribution in [3.8, 4) is 0 Å². The SMILES string of the molecule is O=C(CN1C(=O)c2ccccc2Sc2ncccc21)N1CCN(c2cccc(C(F)(F)F)c2)CC1. The summed E-state index contributed by atoms with van der Waals surface area (Å²) in [7, 11) is 0. The second kappa shape index (κ2) is 9.26. The Morgan fingerprint density at radius 1 is 0.971 bits per heavy atom. The summed E-state index contributed by atoms with van der Waals surface area (Å²) in [4.78, 5) is 36.7. The van der Waals surface area contributed by atoms with Crippen LogP contribution in [0.2, 0.25) is 0 Å². The molecule has 3 aromatic rings. The van der Waals surface area contributed by atoms with Crippen LogP contribution in [0.4, 0.5) is 24.5 Å². The zero-order valence-electron chi connectivity index (χ0n) is 18.5. The van der Waals surface area contributed by atoms with Crippen molar-refractivity contribution in [1.29, 1.82) is 0 Å². The number of benzene rings is 2. The third-order valence-electron chi connectivity index (χ3n) is 6.08. The number of fused-ring (bicyclic) bond motifs is 2. The van der Waals surface area contributed by atoms with Gasteiger partial charge in [0.2, 0.25) is 5.91 Å². The van der Waals surface area contributed by atoms with Crippen LogP contribution in [0.5, 0.6) is 0 Å². The summed E-state index contributed by atoms with van der Waals surface area (Å²) in [5.41, 5.74) is 0.870. The Hall–Kier alpha value is -3.53. The van der Waals surface area contributed by atoms with Crippen LogP contribution in [0.25, 0.3) is 0 Å². The number of rotatable bonds is 3. The lowest BCUT2D eigenvalue weighted by atomic mass is 10.1. The Kier molecular flexibility index (Phi) is 6.14. The number of amides is 2. The molecule has 0 aliphatic carbocycles. The molecule has 1 aromatic heterocycles. The third-order valence-corrected chi connectivity index (χ3v) is 7.16. The van der Waals surface area contributed by atoms with Gasteiger partial charge in [0.05, 0.1) is 16.8 Å². The minimum atomic E-state index is -4.41. The largest absolute Gasteiger partial charge is 0.416 e. The second-order valence-electron chi connectivity index (χ2n) is 8.23. The highest BCUT2D eigenvalue weighted by molar-refractivity contribution is 7.99. The Morgan fingerprint density at radius 3 is 2.51 bits per heavy atom. The molecule has 1 saturated heterocycles.